The minimum absolute atomic E-state index is 0.00348. The molecule has 0 saturated carbocycles. The lowest BCUT2D eigenvalue weighted by Gasteiger charge is -2.29. The number of carbonyl (C=O) groups is 1. The van der Waals surface area contributed by atoms with Crippen LogP contribution in [0, 0.1) is 0 Å². The molecule has 1 aliphatic rings. The molecule has 2 aromatic rings. The molecule has 7 nitrogen and oxygen atoms in total. The van der Waals surface area contributed by atoms with Gasteiger partial charge >= 0.3 is 0 Å². The quantitative estimate of drug-likeness (QED) is 0.361. The standard InChI is InChI=1S/C21H25ClN4O3/c1-29-19-8-4-6-16(21(19)28)13-23-24-20(27)15-26-11-9-25(10-12-26)14-17-5-2-3-7-18(17)22/h2-8,13,28H,9-12,14-15H2,1H3,(H,24,27)/p+2/b23-13+. The van der Waals surface area contributed by atoms with E-state index in [2.05, 4.69) is 16.6 Å². The molecule has 0 radical (unpaired) electrons. The van der Waals surface area contributed by atoms with E-state index in [0.29, 0.717) is 17.9 Å². The number of amides is 1. The van der Waals surface area contributed by atoms with Crippen LogP contribution in [0.1, 0.15) is 11.1 Å². The minimum atomic E-state index is -0.145. The number of carbonyl (C=O) groups excluding carboxylic acids is 1. The van der Waals surface area contributed by atoms with Crippen LogP contribution in [0.25, 0.3) is 0 Å². The van der Waals surface area contributed by atoms with Crippen LogP contribution in [-0.4, -0.2) is 57.1 Å². The van der Waals surface area contributed by atoms with Crippen LogP contribution in [0.4, 0.5) is 0 Å². The van der Waals surface area contributed by atoms with Gasteiger partial charge in [-0.25, -0.2) is 5.43 Å². The molecule has 3 rings (SSSR count). The summed E-state index contributed by atoms with van der Waals surface area (Å²) in [4.78, 5) is 14.9. The van der Waals surface area contributed by atoms with Gasteiger partial charge in [0.05, 0.1) is 13.3 Å². The van der Waals surface area contributed by atoms with Crippen molar-refractivity contribution in [3.05, 3.63) is 58.6 Å². The molecule has 29 heavy (non-hydrogen) atoms. The first-order valence-corrected chi connectivity index (χ1v) is 10.0. The van der Waals surface area contributed by atoms with Crippen molar-refractivity contribution < 1.29 is 24.4 Å². The number of benzene rings is 2. The highest BCUT2D eigenvalue weighted by molar-refractivity contribution is 6.31. The van der Waals surface area contributed by atoms with Crippen LogP contribution in [0.15, 0.2) is 47.6 Å². The molecule has 2 aromatic carbocycles. The fraction of sp³-hybridized carbons (Fsp3) is 0.333. The molecule has 0 aromatic heterocycles. The van der Waals surface area contributed by atoms with Crippen molar-refractivity contribution in [3.8, 4) is 11.5 Å². The number of methoxy groups -OCH3 is 1. The third-order valence-electron chi connectivity index (χ3n) is 5.12. The van der Waals surface area contributed by atoms with E-state index in [4.69, 9.17) is 16.3 Å². The average molecular weight is 419 g/mol. The van der Waals surface area contributed by atoms with E-state index in [1.165, 1.54) is 28.7 Å². The van der Waals surface area contributed by atoms with E-state index in [1.807, 2.05) is 18.2 Å². The van der Waals surface area contributed by atoms with E-state index in [9.17, 15) is 9.90 Å². The smallest absolute Gasteiger partial charge is 0.295 e. The number of rotatable bonds is 7. The number of para-hydroxylation sites is 1. The lowest BCUT2D eigenvalue weighted by atomic mass is 10.2. The molecule has 0 spiro atoms. The van der Waals surface area contributed by atoms with Gasteiger partial charge in [0, 0.05) is 16.1 Å². The normalized spacial score (nSPS) is 19.2. The third kappa shape index (κ3) is 5.93. The van der Waals surface area contributed by atoms with Crippen molar-refractivity contribution in [2.75, 3.05) is 39.8 Å². The van der Waals surface area contributed by atoms with E-state index in [-0.39, 0.29) is 11.7 Å². The van der Waals surface area contributed by atoms with Gasteiger partial charge in [-0.05, 0) is 18.2 Å². The molecule has 154 valence electrons. The number of aromatic hydroxyl groups is 1. The van der Waals surface area contributed by atoms with Gasteiger partial charge in [0.15, 0.2) is 18.0 Å². The van der Waals surface area contributed by atoms with Gasteiger partial charge in [-0.15, -0.1) is 0 Å². The zero-order chi connectivity index (χ0) is 20.6. The zero-order valence-electron chi connectivity index (χ0n) is 16.5. The molecule has 1 fully saturated rings. The number of phenolic OH excluding ortho intramolecular Hbond substituents is 1. The Morgan fingerprint density at radius 3 is 2.62 bits per heavy atom. The molecule has 1 amide bonds. The first-order chi connectivity index (χ1) is 14.1. The van der Waals surface area contributed by atoms with E-state index in [0.717, 1.165) is 37.7 Å². The number of hydrazone groups is 1. The fourth-order valence-corrected chi connectivity index (χ4v) is 3.67. The third-order valence-corrected chi connectivity index (χ3v) is 5.48. The van der Waals surface area contributed by atoms with Gasteiger partial charge < -0.3 is 19.6 Å². The van der Waals surface area contributed by atoms with Crippen molar-refractivity contribution in [3.63, 3.8) is 0 Å². The Labute approximate surface area is 175 Å². The lowest BCUT2D eigenvalue weighted by molar-refractivity contribution is -1.02. The maximum Gasteiger partial charge on any atom is 0.295 e. The molecular weight excluding hydrogens is 392 g/mol. The van der Waals surface area contributed by atoms with Gasteiger partial charge in [-0.2, -0.15) is 5.10 Å². The summed E-state index contributed by atoms with van der Waals surface area (Å²) in [6, 6.07) is 13.0. The van der Waals surface area contributed by atoms with E-state index < -0.39 is 0 Å². The van der Waals surface area contributed by atoms with Crippen LogP contribution in [0.3, 0.4) is 0 Å². The van der Waals surface area contributed by atoms with Crippen molar-refractivity contribution >= 4 is 23.7 Å². The first kappa shape index (κ1) is 21.1. The Morgan fingerprint density at radius 1 is 1.17 bits per heavy atom. The van der Waals surface area contributed by atoms with Crippen LogP contribution >= 0.6 is 11.6 Å². The highest BCUT2D eigenvalue weighted by atomic mass is 35.5. The van der Waals surface area contributed by atoms with Gasteiger partial charge in [-0.1, -0.05) is 35.9 Å². The molecule has 1 aliphatic heterocycles. The zero-order valence-corrected chi connectivity index (χ0v) is 17.2. The SMILES string of the molecule is COc1cccc(/C=N/NC(=O)C[NH+]2CC[NH+](Cc3ccccc3Cl)CC2)c1O. The van der Waals surface area contributed by atoms with Gasteiger partial charge in [-0.3, -0.25) is 4.79 Å². The lowest BCUT2D eigenvalue weighted by Crippen LogP contribution is -3.28. The molecule has 4 N–H and O–H groups in total. The maximum absolute atomic E-state index is 12.2. The molecule has 0 unspecified atom stereocenters. The minimum Gasteiger partial charge on any atom is -0.504 e. The summed E-state index contributed by atoms with van der Waals surface area (Å²) in [6.45, 7) is 5.12. The number of hydrogen-bond donors (Lipinski definition) is 4. The predicted octanol–water partition coefficient (Wildman–Crippen LogP) is -0.512. The molecule has 0 atom stereocenters. The Hall–Kier alpha value is -2.61. The Balaban J connectivity index is 1.42. The second kappa shape index (κ2) is 10.2. The first-order valence-electron chi connectivity index (χ1n) is 9.65. The van der Waals surface area contributed by atoms with Crippen molar-refractivity contribution in [2.45, 2.75) is 6.54 Å². The summed E-state index contributed by atoms with van der Waals surface area (Å²) in [5, 5.41) is 14.8. The Morgan fingerprint density at radius 2 is 1.90 bits per heavy atom. The van der Waals surface area contributed by atoms with E-state index >= 15 is 0 Å². The number of halogens is 1. The topological polar surface area (TPSA) is 79.8 Å². The van der Waals surface area contributed by atoms with Gasteiger partial charge in [0.25, 0.3) is 5.91 Å². The Bertz CT molecular complexity index is 867. The van der Waals surface area contributed by atoms with Crippen molar-refractivity contribution in [1.29, 1.82) is 0 Å². The molecule has 0 bridgehead atoms. The number of quaternary nitrogens is 2. The molecular formula is C21H27ClN4O3+2. The number of ether oxygens (including phenoxy) is 1. The highest BCUT2D eigenvalue weighted by Gasteiger charge is 2.25. The second-order valence-electron chi connectivity index (χ2n) is 7.14. The monoisotopic (exact) mass is 418 g/mol. The van der Waals surface area contributed by atoms with Crippen LogP contribution in [0.5, 0.6) is 11.5 Å². The summed E-state index contributed by atoms with van der Waals surface area (Å²) in [7, 11) is 1.48. The summed E-state index contributed by atoms with van der Waals surface area (Å²) >= 11 is 6.25. The summed E-state index contributed by atoms with van der Waals surface area (Å²) in [5.41, 5.74) is 4.18. The summed E-state index contributed by atoms with van der Waals surface area (Å²) in [6.07, 6.45) is 1.41. The van der Waals surface area contributed by atoms with Crippen LogP contribution in [-0.2, 0) is 11.3 Å². The van der Waals surface area contributed by atoms with E-state index in [1.54, 1.807) is 18.2 Å². The van der Waals surface area contributed by atoms with Crippen LogP contribution in [0.2, 0.25) is 5.02 Å². The molecule has 1 heterocycles. The Kier molecular flexibility index (Phi) is 7.46. The molecule has 0 aliphatic carbocycles. The summed E-state index contributed by atoms with van der Waals surface area (Å²) in [5.74, 6) is 0.214. The average Bonchev–Trinajstić information content (AvgIpc) is 2.72. The fourth-order valence-electron chi connectivity index (χ4n) is 3.47. The largest absolute Gasteiger partial charge is 0.504 e. The molecule has 1 saturated heterocycles. The highest BCUT2D eigenvalue weighted by Crippen LogP contribution is 2.27. The number of phenols is 1. The summed E-state index contributed by atoms with van der Waals surface area (Å²) < 4.78 is 5.05. The predicted molar refractivity (Wildman–Crippen MR) is 112 cm³/mol. The second-order valence-corrected chi connectivity index (χ2v) is 7.54. The van der Waals surface area contributed by atoms with Crippen molar-refractivity contribution in [1.82, 2.24) is 5.43 Å². The van der Waals surface area contributed by atoms with Crippen LogP contribution < -0.4 is 20.0 Å². The number of piperazine rings is 1. The number of nitrogens with zero attached hydrogens (tertiary/aromatic N) is 1. The number of nitrogens with one attached hydrogen (secondary N) is 3. The number of hydrogen-bond acceptors (Lipinski definition) is 4. The van der Waals surface area contributed by atoms with Gasteiger partial charge in [0.2, 0.25) is 0 Å². The van der Waals surface area contributed by atoms with Crippen molar-refractivity contribution in [2.24, 2.45) is 5.10 Å². The van der Waals surface area contributed by atoms with Gasteiger partial charge in [0.1, 0.15) is 32.7 Å². The molecule has 8 heteroatoms. The maximum atomic E-state index is 12.2.